The maximum Gasteiger partial charge on any atom is 0.516 e. The Morgan fingerprint density at radius 3 is 1.92 bits per heavy atom. The molecular formula is C50H50F3N3O7S3. The normalized spacial score (nSPS) is 18.4. The maximum atomic E-state index is 14.6. The van der Waals surface area contributed by atoms with Gasteiger partial charge in [-0.3, -0.25) is 4.31 Å². The second-order valence-electron chi connectivity index (χ2n) is 18.1. The molecular weight excluding hydrogens is 908 g/mol. The topological polar surface area (TPSA) is 135 Å². The molecule has 0 spiro atoms. The van der Waals surface area contributed by atoms with Crippen LogP contribution in [-0.2, 0) is 40.8 Å². The number of hydrogen-bond donors (Lipinski definition) is 0. The summed E-state index contributed by atoms with van der Waals surface area (Å²) in [6.07, 6.45) is 8.28. The molecule has 16 heteroatoms. The minimum absolute atomic E-state index is 0.00228. The first kappa shape index (κ1) is 47.0. The third-order valence-electron chi connectivity index (χ3n) is 13.0. The summed E-state index contributed by atoms with van der Waals surface area (Å²) in [6.45, 7) is 8.50. The van der Waals surface area contributed by atoms with Crippen molar-refractivity contribution in [3.05, 3.63) is 155 Å². The Morgan fingerprint density at radius 2 is 1.30 bits per heavy atom. The fourth-order valence-electron chi connectivity index (χ4n) is 10.1. The van der Waals surface area contributed by atoms with E-state index in [1.165, 1.54) is 6.26 Å². The number of benzene rings is 5. The van der Waals surface area contributed by atoms with Crippen molar-refractivity contribution >= 4 is 79.8 Å². The molecule has 8 rings (SSSR count). The van der Waals surface area contributed by atoms with Gasteiger partial charge in [-0.2, -0.15) is 26.2 Å². The van der Waals surface area contributed by atoms with Gasteiger partial charge in [-0.15, -0.1) is 0 Å². The van der Waals surface area contributed by atoms with Gasteiger partial charge >= 0.3 is 15.5 Å². The molecule has 0 saturated carbocycles. The van der Waals surface area contributed by atoms with Gasteiger partial charge in [-0.25, -0.2) is 16.8 Å². The van der Waals surface area contributed by atoms with Crippen LogP contribution in [0, 0.1) is 0 Å². The molecule has 346 valence electrons. The molecule has 0 aromatic heterocycles. The Kier molecular flexibility index (Phi) is 11.8. The molecule has 0 unspecified atom stereocenters. The molecule has 66 heavy (non-hydrogen) atoms. The molecule has 0 fully saturated rings. The smallest absolute Gasteiger partial charge is 0.516 e. The molecule has 0 bridgehead atoms. The fraction of sp³-hybridized carbons (Fsp3) is 0.300. The van der Waals surface area contributed by atoms with Crippen LogP contribution in [0.25, 0.3) is 32.7 Å². The number of sulfone groups is 1. The maximum absolute atomic E-state index is 14.6. The van der Waals surface area contributed by atoms with E-state index in [0.717, 1.165) is 56.8 Å². The third-order valence-corrected chi connectivity index (χ3v) is 16.3. The predicted molar refractivity (Wildman–Crippen MR) is 256 cm³/mol. The van der Waals surface area contributed by atoms with Gasteiger partial charge < -0.3 is 9.45 Å². The van der Waals surface area contributed by atoms with Crippen molar-refractivity contribution in [3.63, 3.8) is 0 Å². The average Bonchev–Trinajstić information content (AvgIpc) is 3.75. The number of rotatable bonds is 13. The number of fused-ring (bicyclic) bond motifs is 7. The molecule has 0 amide bonds. The molecule has 0 N–H and O–H groups in total. The van der Waals surface area contributed by atoms with Crippen LogP contribution < -0.4 is 4.90 Å². The highest BCUT2D eigenvalue weighted by molar-refractivity contribution is 7.90. The molecule has 0 radical (unpaired) electrons. The summed E-state index contributed by atoms with van der Waals surface area (Å²) >= 11 is 0. The Labute approximate surface area is 384 Å². The number of anilines is 1. The molecule has 5 aromatic carbocycles. The molecule has 0 atom stereocenters. The third kappa shape index (κ3) is 8.30. The Hall–Kier alpha value is -5.55. The zero-order valence-electron chi connectivity index (χ0n) is 37.3. The van der Waals surface area contributed by atoms with Gasteiger partial charge in [0.05, 0.1) is 27.0 Å². The highest BCUT2D eigenvalue weighted by Gasteiger charge is 2.51. The number of sulfonamides is 1. The van der Waals surface area contributed by atoms with Gasteiger partial charge in [0.2, 0.25) is 5.69 Å². The summed E-state index contributed by atoms with van der Waals surface area (Å²) < 4.78 is 133. The predicted octanol–water partition coefficient (Wildman–Crippen LogP) is 9.57. The highest BCUT2D eigenvalue weighted by Crippen LogP contribution is 2.52. The largest absolute Gasteiger partial charge is 0.748 e. The van der Waals surface area contributed by atoms with E-state index < -0.39 is 52.1 Å². The van der Waals surface area contributed by atoms with E-state index in [2.05, 4.69) is 0 Å². The highest BCUT2D eigenvalue weighted by atomic mass is 32.2. The van der Waals surface area contributed by atoms with Crippen molar-refractivity contribution in [1.29, 1.82) is 0 Å². The standard InChI is InChI=1S/C50H50F3N3O7S3/c1-48(2)43(55(29-13-31-64(6,57)58)41-25-21-33-15-7-9-17-35(33)45(41)48)27-23-39-37-19-11-12-20-38(37)40(47(39)54(5)66(62,63)50(51,52)53)24-28-44-49(3,4)46-36-18-10-8-16-34(36)22-26-42(46)56(44)30-14-32-65(59,60)61/h7-12,15-28H,13-14,29-32H2,1-6H3. The van der Waals surface area contributed by atoms with Gasteiger partial charge in [0.15, 0.2) is 5.71 Å². The van der Waals surface area contributed by atoms with Gasteiger partial charge in [-0.05, 0) is 82.8 Å². The minimum Gasteiger partial charge on any atom is -0.748 e. The number of hydrogen-bond acceptors (Lipinski definition) is 8. The van der Waals surface area contributed by atoms with Crippen LogP contribution in [0.5, 0.6) is 0 Å². The van der Waals surface area contributed by atoms with Crippen molar-refractivity contribution in [2.24, 2.45) is 0 Å². The van der Waals surface area contributed by atoms with Crippen molar-refractivity contribution in [2.75, 3.05) is 42.8 Å². The lowest BCUT2D eigenvalue weighted by molar-refractivity contribution is -0.437. The van der Waals surface area contributed by atoms with Crippen LogP contribution in [0.2, 0.25) is 0 Å². The number of alkyl halides is 3. The van der Waals surface area contributed by atoms with E-state index in [0.29, 0.717) is 29.8 Å². The number of halogens is 3. The minimum atomic E-state index is -5.96. The fourth-order valence-corrected chi connectivity index (χ4v) is 12.0. The molecule has 0 saturated heterocycles. The summed E-state index contributed by atoms with van der Waals surface area (Å²) in [6, 6.07) is 30.5. The lowest BCUT2D eigenvalue weighted by atomic mass is 9.79. The van der Waals surface area contributed by atoms with Gasteiger partial charge in [0.1, 0.15) is 16.4 Å². The van der Waals surface area contributed by atoms with Crippen molar-refractivity contribution in [2.45, 2.75) is 56.9 Å². The lowest BCUT2D eigenvalue weighted by Gasteiger charge is -2.27. The van der Waals surface area contributed by atoms with E-state index in [9.17, 15) is 43.0 Å². The zero-order chi connectivity index (χ0) is 47.8. The van der Waals surface area contributed by atoms with Crippen LogP contribution in [0.1, 0.15) is 62.8 Å². The quantitative estimate of drug-likeness (QED) is 0.0842. The summed E-state index contributed by atoms with van der Waals surface area (Å²) in [4.78, 5) is 2.04. The van der Waals surface area contributed by atoms with Gasteiger partial charge in [0, 0.05) is 77.7 Å². The van der Waals surface area contributed by atoms with E-state index in [1.54, 1.807) is 48.6 Å². The van der Waals surface area contributed by atoms with E-state index >= 15 is 0 Å². The Morgan fingerprint density at radius 1 is 0.712 bits per heavy atom. The number of likely N-dealkylation sites (N-methyl/N-ethyl adjacent to an activating group) is 1. The average molecular weight is 958 g/mol. The Bertz CT molecular complexity index is 3350. The molecule has 2 aliphatic heterocycles. The first-order chi connectivity index (χ1) is 30.8. The van der Waals surface area contributed by atoms with Gasteiger partial charge in [0.25, 0.3) is 0 Å². The molecule has 5 aromatic rings. The molecule has 2 heterocycles. The van der Waals surface area contributed by atoms with E-state index in [1.807, 2.05) is 110 Å². The van der Waals surface area contributed by atoms with Crippen molar-refractivity contribution in [3.8, 4) is 0 Å². The second-order valence-corrected chi connectivity index (χ2v) is 23.8. The van der Waals surface area contributed by atoms with E-state index in [-0.39, 0.29) is 39.9 Å². The Balaban J connectivity index is 1.34. The monoisotopic (exact) mass is 957 g/mol. The number of allylic oxidation sites excluding steroid dienone is 7. The lowest BCUT2D eigenvalue weighted by Crippen LogP contribution is -2.37. The zero-order valence-corrected chi connectivity index (χ0v) is 39.8. The first-order valence-electron chi connectivity index (χ1n) is 21.4. The van der Waals surface area contributed by atoms with Crippen LogP contribution in [0.4, 0.5) is 24.5 Å². The molecule has 1 aliphatic carbocycles. The number of nitrogens with zero attached hydrogens (tertiary/aromatic N) is 3. The van der Waals surface area contributed by atoms with Crippen molar-refractivity contribution < 1.29 is 47.6 Å². The summed E-state index contributed by atoms with van der Waals surface area (Å²) in [7, 11) is -12.9. The second kappa shape index (κ2) is 16.6. The summed E-state index contributed by atoms with van der Waals surface area (Å²) in [5.41, 5.74) is -0.999. The van der Waals surface area contributed by atoms with Gasteiger partial charge in [-0.1, -0.05) is 98.8 Å². The van der Waals surface area contributed by atoms with Crippen LogP contribution in [-0.4, -0.2) is 87.8 Å². The van der Waals surface area contributed by atoms with E-state index in [4.69, 9.17) is 0 Å². The summed E-state index contributed by atoms with van der Waals surface area (Å²) in [5.74, 6) is -0.674. The summed E-state index contributed by atoms with van der Waals surface area (Å²) in [5, 5.41) is 3.90. The molecule has 3 aliphatic rings. The van der Waals surface area contributed by atoms with Crippen LogP contribution >= 0.6 is 0 Å². The SMILES string of the molecule is CN(C1=C(/C=C/C2=[N+](CCCS(=O)(=O)[O-])c3ccc4ccccc4c3C2(C)C)c2ccccc2/C1=C\C=C1\N(CCCS(C)(=O)=O)c2ccc3ccccc3c2C1(C)C)S(=O)(=O)C(F)(F)F. The first-order valence-corrected chi connectivity index (χ1v) is 26.5. The van der Waals surface area contributed by atoms with Crippen molar-refractivity contribution in [1.82, 2.24) is 4.31 Å². The molecule has 10 nitrogen and oxygen atoms in total. The van der Waals surface area contributed by atoms with Crippen LogP contribution in [0.3, 0.4) is 0 Å². The van der Waals surface area contributed by atoms with Crippen LogP contribution in [0.15, 0.2) is 133 Å².